The van der Waals surface area contributed by atoms with Crippen molar-refractivity contribution in [1.82, 2.24) is 14.4 Å². The summed E-state index contributed by atoms with van der Waals surface area (Å²) in [5.41, 5.74) is 0. The average molecular weight is 251 g/mol. The first-order valence-corrected chi connectivity index (χ1v) is 6.22. The Balaban J connectivity index is 2.00. The molecule has 0 aliphatic carbocycles. The fraction of sp³-hybridized carbons (Fsp3) is 0.583. The summed E-state index contributed by atoms with van der Waals surface area (Å²) < 4.78 is 3.30. The van der Waals surface area contributed by atoms with E-state index in [-0.39, 0.29) is 18.5 Å². The van der Waals surface area contributed by atoms with Crippen LogP contribution in [0.25, 0.3) is 0 Å². The highest BCUT2D eigenvalue weighted by Crippen LogP contribution is 2.06. The molecule has 0 aromatic carbocycles. The Bertz CT molecular complexity index is 455. The molecule has 0 saturated carbocycles. The standard InChI is InChI=1S/C12H19N4O2/c1-3-4-14-7-8-15(9-11(14)17)12(18)16-6-5-13(2)10-16/h5-6,10H,3-4,7-9H2,1-2H3/q+1. The number of hydrogen-bond acceptors (Lipinski definition) is 2. The maximum atomic E-state index is 12.1. The summed E-state index contributed by atoms with van der Waals surface area (Å²) >= 11 is 0. The van der Waals surface area contributed by atoms with Crippen molar-refractivity contribution in [3.05, 3.63) is 18.7 Å². The molecule has 0 unspecified atom stereocenters. The summed E-state index contributed by atoms with van der Waals surface area (Å²) in [5, 5.41) is 0. The number of nitrogens with zero attached hydrogens (tertiary/aromatic N) is 4. The molecular formula is C12H19N4O2+. The van der Waals surface area contributed by atoms with E-state index < -0.39 is 0 Å². The Morgan fingerprint density at radius 3 is 2.78 bits per heavy atom. The van der Waals surface area contributed by atoms with Crippen molar-refractivity contribution in [2.75, 3.05) is 26.2 Å². The third kappa shape index (κ3) is 2.52. The van der Waals surface area contributed by atoms with Gasteiger partial charge in [-0.1, -0.05) is 6.92 Å². The molecular weight excluding hydrogens is 232 g/mol. The van der Waals surface area contributed by atoms with Crippen LogP contribution in [0.5, 0.6) is 0 Å². The molecule has 6 heteroatoms. The Morgan fingerprint density at radius 2 is 2.22 bits per heavy atom. The maximum Gasteiger partial charge on any atom is 0.416 e. The van der Waals surface area contributed by atoms with Gasteiger partial charge in [0.1, 0.15) is 18.9 Å². The van der Waals surface area contributed by atoms with Crippen molar-refractivity contribution >= 4 is 11.9 Å². The highest BCUT2D eigenvalue weighted by Gasteiger charge is 2.29. The van der Waals surface area contributed by atoms with E-state index in [9.17, 15) is 9.59 Å². The van der Waals surface area contributed by atoms with Crippen LogP contribution in [0, 0.1) is 0 Å². The van der Waals surface area contributed by atoms with E-state index in [1.54, 1.807) is 28.2 Å². The molecule has 0 radical (unpaired) electrons. The molecule has 1 aromatic rings. The summed E-state index contributed by atoms with van der Waals surface area (Å²) in [5.74, 6) is 0.0352. The van der Waals surface area contributed by atoms with Gasteiger partial charge in [0, 0.05) is 19.6 Å². The minimum absolute atomic E-state index is 0.0352. The molecule has 1 saturated heterocycles. The second-order valence-corrected chi connectivity index (χ2v) is 4.57. The van der Waals surface area contributed by atoms with E-state index in [2.05, 4.69) is 0 Å². The van der Waals surface area contributed by atoms with Crippen LogP contribution in [0.2, 0.25) is 0 Å². The average Bonchev–Trinajstić information content (AvgIpc) is 2.78. The van der Waals surface area contributed by atoms with Crippen LogP contribution in [-0.2, 0) is 11.8 Å². The maximum absolute atomic E-state index is 12.1. The third-order valence-electron chi connectivity index (χ3n) is 3.07. The number of imidazole rings is 1. The lowest BCUT2D eigenvalue weighted by Crippen LogP contribution is -2.53. The van der Waals surface area contributed by atoms with E-state index in [1.165, 1.54) is 4.57 Å². The summed E-state index contributed by atoms with van der Waals surface area (Å²) in [7, 11) is 1.86. The molecule has 1 aliphatic heterocycles. The fourth-order valence-corrected chi connectivity index (χ4v) is 2.10. The highest BCUT2D eigenvalue weighted by atomic mass is 16.2. The lowest BCUT2D eigenvalue weighted by Gasteiger charge is -2.32. The molecule has 2 amide bonds. The number of carbonyl (C=O) groups is 2. The molecule has 1 fully saturated rings. The van der Waals surface area contributed by atoms with Gasteiger partial charge in [0.25, 0.3) is 6.33 Å². The number of piperazine rings is 1. The van der Waals surface area contributed by atoms with Gasteiger partial charge in [-0.15, -0.1) is 0 Å². The van der Waals surface area contributed by atoms with Gasteiger partial charge in [-0.05, 0) is 6.42 Å². The molecule has 98 valence electrons. The molecule has 0 atom stereocenters. The summed E-state index contributed by atoms with van der Waals surface area (Å²) in [6.45, 7) is 4.24. The van der Waals surface area contributed by atoms with Gasteiger partial charge in [-0.2, -0.15) is 4.57 Å². The van der Waals surface area contributed by atoms with Gasteiger partial charge in [-0.25, -0.2) is 9.36 Å². The van der Waals surface area contributed by atoms with E-state index in [0.29, 0.717) is 13.1 Å². The van der Waals surface area contributed by atoms with Crippen molar-refractivity contribution in [3.8, 4) is 0 Å². The zero-order valence-electron chi connectivity index (χ0n) is 10.9. The zero-order valence-corrected chi connectivity index (χ0v) is 10.9. The second-order valence-electron chi connectivity index (χ2n) is 4.57. The van der Waals surface area contributed by atoms with Crippen LogP contribution < -0.4 is 4.57 Å². The smallest absolute Gasteiger partial charge is 0.339 e. The number of aryl methyl sites for hydroxylation is 1. The minimum atomic E-state index is -0.139. The van der Waals surface area contributed by atoms with Crippen molar-refractivity contribution in [1.29, 1.82) is 0 Å². The van der Waals surface area contributed by atoms with Crippen LogP contribution in [0.4, 0.5) is 4.79 Å². The van der Waals surface area contributed by atoms with Crippen LogP contribution >= 0.6 is 0 Å². The topological polar surface area (TPSA) is 49.4 Å². The Morgan fingerprint density at radius 1 is 1.44 bits per heavy atom. The van der Waals surface area contributed by atoms with E-state index in [1.807, 2.05) is 18.9 Å². The first kappa shape index (κ1) is 12.6. The summed E-state index contributed by atoms with van der Waals surface area (Å²) in [6, 6.07) is -0.139. The van der Waals surface area contributed by atoms with Gasteiger partial charge in [0.2, 0.25) is 5.91 Å². The van der Waals surface area contributed by atoms with E-state index >= 15 is 0 Å². The van der Waals surface area contributed by atoms with Crippen LogP contribution in [0.3, 0.4) is 0 Å². The Labute approximate surface area is 106 Å². The summed E-state index contributed by atoms with van der Waals surface area (Å²) in [6.07, 6.45) is 6.15. The van der Waals surface area contributed by atoms with Crippen molar-refractivity contribution in [2.24, 2.45) is 7.05 Å². The number of amides is 2. The first-order valence-electron chi connectivity index (χ1n) is 6.22. The molecule has 2 heterocycles. The van der Waals surface area contributed by atoms with Crippen LogP contribution in [0.15, 0.2) is 18.7 Å². The van der Waals surface area contributed by atoms with Crippen molar-refractivity contribution in [3.63, 3.8) is 0 Å². The van der Waals surface area contributed by atoms with Crippen LogP contribution in [0.1, 0.15) is 13.3 Å². The van der Waals surface area contributed by atoms with Gasteiger partial charge in [0.15, 0.2) is 0 Å². The van der Waals surface area contributed by atoms with Gasteiger partial charge in [0.05, 0.1) is 7.05 Å². The third-order valence-corrected chi connectivity index (χ3v) is 3.07. The lowest BCUT2D eigenvalue weighted by molar-refractivity contribution is -0.670. The molecule has 0 bridgehead atoms. The predicted octanol–water partition coefficient (Wildman–Crippen LogP) is -0.165. The van der Waals surface area contributed by atoms with Crippen molar-refractivity contribution < 1.29 is 14.2 Å². The molecule has 1 aliphatic rings. The SMILES string of the molecule is CCCN1CCN(C(=O)n2cc[n+](C)c2)CC1=O. The van der Waals surface area contributed by atoms with Crippen LogP contribution in [-0.4, -0.2) is 52.5 Å². The zero-order chi connectivity index (χ0) is 13.1. The van der Waals surface area contributed by atoms with Gasteiger partial charge < -0.3 is 4.90 Å². The normalized spacial score (nSPS) is 16.2. The quantitative estimate of drug-likeness (QED) is 0.686. The highest BCUT2D eigenvalue weighted by molar-refractivity contribution is 5.86. The molecule has 6 nitrogen and oxygen atoms in total. The molecule has 18 heavy (non-hydrogen) atoms. The first-order chi connectivity index (χ1) is 8.61. The van der Waals surface area contributed by atoms with Gasteiger partial charge >= 0.3 is 6.03 Å². The Hall–Kier alpha value is -1.85. The molecule has 1 aromatic heterocycles. The minimum Gasteiger partial charge on any atom is -0.339 e. The largest absolute Gasteiger partial charge is 0.416 e. The van der Waals surface area contributed by atoms with E-state index in [4.69, 9.17) is 0 Å². The molecule has 0 spiro atoms. The number of rotatable bonds is 2. The monoisotopic (exact) mass is 251 g/mol. The molecule has 0 N–H and O–H groups in total. The number of aromatic nitrogens is 2. The van der Waals surface area contributed by atoms with Crippen molar-refractivity contribution in [2.45, 2.75) is 13.3 Å². The summed E-state index contributed by atoms with van der Waals surface area (Å²) in [4.78, 5) is 27.4. The second kappa shape index (κ2) is 5.20. The number of carbonyl (C=O) groups excluding carboxylic acids is 2. The lowest BCUT2D eigenvalue weighted by atomic mass is 10.3. The number of hydrogen-bond donors (Lipinski definition) is 0. The van der Waals surface area contributed by atoms with E-state index in [0.717, 1.165) is 13.0 Å². The predicted molar refractivity (Wildman–Crippen MR) is 64.8 cm³/mol. The fourth-order valence-electron chi connectivity index (χ4n) is 2.10. The Kier molecular flexibility index (Phi) is 3.64. The molecule has 2 rings (SSSR count). The van der Waals surface area contributed by atoms with Gasteiger partial charge in [-0.3, -0.25) is 9.69 Å².